The summed E-state index contributed by atoms with van der Waals surface area (Å²) in [5.74, 6) is 0.133. The van der Waals surface area contributed by atoms with Crippen LogP contribution in [0.5, 0.6) is 11.5 Å². The third-order valence-electron chi connectivity index (χ3n) is 4.15. The van der Waals surface area contributed by atoms with Gasteiger partial charge < -0.3 is 9.47 Å². The monoisotopic (exact) mass is 392 g/mol. The minimum atomic E-state index is -4.00. The number of hydrazine groups is 1. The molecule has 0 spiro atoms. The van der Waals surface area contributed by atoms with Crippen LogP contribution in [0.4, 0.5) is 0 Å². The van der Waals surface area contributed by atoms with Crippen LogP contribution < -0.4 is 19.7 Å². The highest BCUT2D eigenvalue weighted by Crippen LogP contribution is 2.24. The van der Waals surface area contributed by atoms with E-state index in [1.165, 1.54) is 13.2 Å². The summed E-state index contributed by atoms with van der Waals surface area (Å²) in [6.07, 6.45) is -0.896. The standard InChI is InChI=1S/C19H24N2O5S/c1-12-9-10-17(25-5)18(11-12)27(23,24)21-20-19(22)15(4)26-16-8-6-7-13(2)14(16)3/h6-11,15,21H,1-5H3,(H,20,22)/t15-/m1/s1. The number of ether oxygens (including phenoxy) is 2. The molecule has 0 aliphatic rings. The number of rotatable bonds is 7. The molecule has 146 valence electrons. The zero-order chi connectivity index (χ0) is 20.2. The largest absolute Gasteiger partial charge is 0.495 e. The Bertz CT molecular complexity index is 941. The normalized spacial score (nSPS) is 12.3. The fourth-order valence-electron chi connectivity index (χ4n) is 2.36. The lowest BCUT2D eigenvalue weighted by molar-refractivity contribution is -0.127. The SMILES string of the molecule is COc1ccc(C)cc1S(=O)(=O)NNC(=O)[C@@H](C)Oc1cccc(C)c1C. The third kappa shape index (κ3) is 4.99. The molecule has 7 nitrogen and oxygen atoms in total. The molecule has 0 unspecified atom stereocenters. The molecule has 2 N–H and O–H groups in total. The maximum Gasteiger partial charge on any atom is 0.275 e. The van der Waals surface area contributed by atoms with Crippen molar-refractivity contribution in [2.24, 2.45) is 0 Å². The van der Waals surface area contributed by atoms with E-state index in [2.05, 4.69) is 10.3 Å². The number of carbonyl (C=O) groups is 1. The van der Waals surface area contributed by atoms with Crippen LogP contribution in [0.2, 0.25) is 0 Å². The molecule has 0 aliphatic carbocycles. The first kappa shape index (κ1) is 20.7. The van der Waals surface area contributed by atoms with Gasteiger partial charge in [-0.05, 0) is 62.6 Å². The van der Waals surface area contributed by atoms with E-state index < -0.39 is 22.0 Å². The van der Waals surface area contributed by atoms with Gasteiger partial charge in [-0.2, -0.15) is 0 Å². The number of hydrogen-bond acceptors (Lipinski definition) is 5. The topological polar surface area (TPSA) is 93.7 Å². The van der Waals surface area contributed by atoms with Crippen LogP contribution in [-0.2, 0) is 14.8 Å². The zero-order valence-electron chi connectivity index (χ0n) is 16.0. The van der Waals surface area contributed by atoms with Gasteiger partial charge in [-0.1, -0.05) is 18.2 Å². The predicted octanol–water partition coefficient (Wildman–Crippen LogP) is 2.40. The molecule has 2 aromatic rings. The predicted molar refractivity (Wildman–Crippen MR) is 102 cm³/mol. The fourth-order valence-corrected chi connectivity index (χ4v) is 3.47. The summed E-state index contributed by atoms with van der Waals surface area (Å²) in [6, 6.07) is 10.3. The van der Waals surface area contributed by atoms with Crippen LogP contribution in [0.25, 0.3) is 0 Å². The van der Waals surface area contributed by atoms with Crippen molar-refractivity contribution >= 4 is 15.9 Å². The molecule has 1 atom stereocenters. The number of hydrogen-bond donors (Lipinski definition) is 2. The second kappa shape index (κ2) is 8.41. The number of amides is 1. The highest BCUT2D eigenvalue weighted by atomic mass is 32.2. The Kier molecular flexibility index (Phi) is 6.45. The van der Waals surface area contributed by atoms with E-state index in [9.17, 15) is 13.2 Å². The molecule has 0 saturated carbocycles. The van der Waals surface area contributed by atoms with Crippen LogP contribution in [0.15, 0.2) is 41.3 Å². The lowest BCUT2D eigenvalue weighted by Crippen LogP contribution is -2.47. The van der Waals surface area contributed by atoms with Gasteiger partial charge in [0.15, 0.2) is 6.10 Å². The molecule has 0 radical (unpaired) electrons. The van der Waals surface area contributed by atoms with Crippen molar-refractivity contribution in [2.45, 2.75) is 38.7 Å². The smallest absolute Gasteiger partial charge is 0.275 e. The number of carbonyl (C=O) groups excluding carboxylic acids is 1. The summed E-state index contributed by atoms with van der Waals surface area (Å²) in [6.45, 7) is 7.13. The fraction of sp³-hybridized carbons (Fsp3) is 0.316. The molecule has 1 amide bonds. The van der Waals surface area contributed by atoms with Crippen molar-refractivity contribution in [3.63, 3.8) is 0 Å². The van der Waals surface area contributed by atoms with Gasteiger partial charge in [0.25, 0.3) is 15.9 Å². The van der Waals surface area contributed by atoms with E-state index in [1.54, 1.807) is 32.0 Å². The molecule has 27 heavy (non-hydrogen) atoms. The van der Waals surface area contributed by atoms with Gasteiger partial charge >= 0.3 is 0 Å². The first-order valence-corrected chi connectivity index (χ1v) is 9.83. The average Bonchev–Trinajstić information content (AvgIpc) is 2.63. The van der Waals surface area contributed by atoms with Crippen molar-refractivity contribution in [3.8, 4) is 11.5 Å². The number of aryl methyl sites for hydroxylation is 2. The molecule has 0 saturated heterocycles. The molecule has 2 rings (SSSR count). The third-order valence-corrected chi connectivity index (χ3v) is 5.41. The maximum atomic E-state index is 12.5. The molecule has 2 aromatic carbocycles. The maximum absolute atomic E-state index is 12.5. The molecule has 0 aliphatic heterocycles. The minimum Gasteiger partial charge on any atom is -0.495 e. The Hall–Kier alpha value is -2.58. The van der Waals surface area contributed by atoms with Gasteiger partial charge in [0.2, 0.25) is 0 Å². The number of sulfonamides is 1. The summed E-state index contributed by atoms with van der Waals surface area (Å²) < 4.78 is 35.7. The van der Waals surface area contributed by atoms with Crippen molar-refractivity contribution < 1.29 is 22.7 Å². The van der Waals surface area contributed by atoms with Crippen molar-refractivity contribution in [3.05, 3.63) is 53.1 Å². The van der Waals surface area contributed by atoms with E-state index in [1.807, 2.05) is 26.0 Å². The lowest BCUT2D eigenvalue weighted by atomic mass is 10.1. The van der Waals surface area contributed by atoms with E-state index in [0.717, 1.165) is 16.7 Å². The van der Waals surface area contributed by atoms with Gasteiger partial charge in [-0.3, -0.25) is 10.2 Å². The number of nitrogens with one attached hydrogen (secondary N) is 2. The molecule has 0 aromatic heterocycles. The molecular weight excluding hydrogens is 368 g/mol. The quantitative estimate of drug-likeness (QED) is 0.706. The van der Waals surface area contributed by atoms with E-state index in [4.69, 9.17) is 9.47 Å². The summed E-state index contributed by atoms with van der Waals surface area (Å²) in [7, 11) is -2.63. The number of methoxy groups -OCH3 is 1. The first-order valence-electron chi connectivity index (χ1n) is 8.35. The van der Waals surface area contributed by atoms with Crippen LogP contribution in [0.3, 0.4) is 0 Å². The van der Waals surface area contributed by atoms with E-state index in [-0.39, 0.29) is 10.6 Å². The molecule has 8 heteroatoms. The Morgan fingerprint density at radius 3 is 2.44 bits per heavy atom. The Morgan fingerprint density at radius 2 is 1.78 bits per heavy atom. The molecule has 0 heterocycles. The van der Waals surface area contributed by atoms with Crippen LogP contribution in [0, 0.1) is 20.8 Å². The van der Waals surface area contributed by atoms with Gasteiger partial charge in [0.1, 0.15) is 16.4 Å². The number of benzene rings is 2. The van der Waals surface area contributed by atoms with Gasteiger partial charge in [0.05, 0.1) is 7.11 Å². The Morgan fingerprint density at radius 1 is 1.07 bits per heavy atom. The van der Waals surface area contributed by atoms with Crippen molar-refractivity contribution in [2.75, 3.05) is 7.11 Å². The first-order chi connectivity index (χ1) is 12.7. The van der Waals surface area contributed by atoms with E-state index in [0.29, 0.717) is 5.75 Å². The van der Waals surface area contributed by atoms with Gasteiger partial charge in [-0.15, -0.1) is 4.83 Å². The minimum absolute atomic E-state index is 0.0617. The van der Waals surface area contributed by atoms with Crippen molar-refractivity contribution in [1.29, 1.82) is 0 Å². The second-order valence-corrected chi connectivity index (χ2v) is 7.86. The van der Waals surface area contributed by atoms with Gasteiger partial charge in [-0.25, -0.2) is 8.42 Å². The molecule has 0 bridgehead atoms. The van der Waals surface area contributed by atoms with Crippen LogP contribution >= 0.6 is 0 Å². The highest BCUT2D eigenvalue weighted by molar-refractivity contribution is 7.89. The molecular formula is C19H24N2O5S. The van der Waals surface area contributed by atoms with Crippen LogP contribution in [-0.4, -0.2) is 27.5 Å². The van der Waals surface area contributed by atoms with Gasteiger partial charge in [0, 0.05) is 0 Å². The Labute approximate surface area is 159 Å². The zero-order valence-corrected chi connectivity index (χ0v) is 16.8. The summed E-state index contributed by atoms with van der Waals surface area (Å²) in [5.41, 5.74) is 4.89. The average molecular weight is 392 g/mol. The Balaban J connectivity index is 2.08. The second-order valence-electron chi connectivity index (χ2n) is 6.21. The lowest BCUT2D eigenvalue weighted by Gasteiger charge is -2.18. The highest BCUT2D eigenvalue weighted by Gasteiger charge is 2.23. The summed E-state index contributed by atoms with van der Waals surface area (Å²) in [5, 5.41) is 0. The van der Waals surface area contributed by atoms with Crippen LogP contribution in [0.1, 0.15) is 23.6 Å². The summed E-state index contributed by atoms with van der Waals surface area (Å²) in [4.78, 5) is 14.3. The molecule has 0 fully saturated rings. The van der Waals surface area contributed by atoms with E-state index >= 15 is 0 Å². The summed E-state index contributed by atoms with van der Waals surface area (Å²) >= 11 is 0. The van der Waals surface area contributed by atoms with Crippen molar-refractivity contribution in [1.82, 2.24) is 10.3 Å².